The van der Waals surface area contributed by atoms with Gasteiger partial charge in [0, 0.05) is 18.7 Å². The molecule has 5 heteroatoms. The molecule has 0 saturated heterocycles. The molecule has 0 aromatic carbocycles. The molecule has 80 valence electrons. The molecule has 0 saturated carbocycles. The molecule has 0 aliphatic rings. The van der Waals surface area contributed by atoms with Crippen molar-refractivity contribution in [2.45, 2.75) is 26.3 Å². The van der Waals surface area contributed by atoms with Crippen LogP contribution in [0.5, 0.6) is 0 Å². The van der Waals surface area contributed by atoms with Gasteiger partial charge < -0.3 is 9.88 Å². The summed E-state index contributed by atoms with van der Waals surface area (Å²) in [7, 11) is 0. The lowest BCUT2D eigenvalue weighted by Gasteiger charge is -2.26. The van der Waals surface area contributed by atoms with Gasteiger partial charge in [0.05, 0.1) is 18.8 Å². The number of nitrogens with zero attached hydrogens (tertiary/aromatic N) is 3. The van der Waals surface area contributed by atoms with E-state index in [4.69, 9.17) is 5.26 Å². The van der Waals surface area contributed by atoms with Gasteiger partial charge in [-0.2, -0.15) is 5.26 Å². The fourth-order valence-electron chi connectivity index (χ4n) is 1.32. The van der Waals surface area contributed by atoms with Gasteiger partial charge in [-0.25, -0.2) is 4.98 Å². The van der Waals surface area contributed by atoms with Crippen LogP contribution in [0.25, 0.3) is 0 Å². The second-order valence-corrected chi connectivity index (χ2v) is 3.46. The van der Waals surface area contributed by atoms with E-state index in [-0.39, 0.29) is 11.6 Å². The molecule has 5 nitrogen and oxygen atoms in total. The monoisotopic (exact) mass is 206 g/mol. The Labute approximate surface area is 88.4 Å². The Balaban J connectivity index is 2.89. The second-order valence-electron chi connectivity index (χ2n) is 3.46. The van der Waals surface area contributed by atoms with E-state index in [0.29, 0.717) is 18.8 Å². The van der Waals surface area contributed by atoms with Crippen LogP contribution in [0.2, 0.25) is 0 Å². The molecule has 0 fully saturated rings. The number of nitrogens with one attached hydrogen (secondary N) is 1. The summed E-state index contributed by atoms with van der Waals surface area (Å²) in [6.07, 6.45) is 1.80. The third-order valence-corrected chi connectivity index (χ3v) is 2.05. The van der Waals surface area contributed by atoms with Crippen LogP contribution in [-0.4, -0.2) is 22.6 Å². The summed E-state index contributed by atoms with van der Waals surface area (Å²) in [6.45, 7) is 4.59. The van der Waals surface area contributed by atoms with E-state index in [1.54, 1.807) is 0 Å². The molecule has 0 radical (unpaired) electrons. The molecule has 0 aliphatic heterocycles. The van der Waals surface area contributed by atoms with Crippen LogP contribution < -0.4 is 10.5 Å². The molecule has 1 heterocycles. The van der Waals surface area contributed by atoms with Gasteiger partial charge in [-0.05, 0) is 13.8 Å². The predicted octanol–water partition coefficient (Wildman–Crippen LogP) is 0.898. The van der Waals surface area contributed by atoms with Gasteiger partial charge in [-0.3, -0.25) is 4.79 Å². The summed E-state index contributed by atoms with van der Waals surface area (Å²) in [6, 6.07) is 3.74. The van der Waals surface area contributed by atoms with Crippen LogP contribution >= 0.6 is 0 Å². The molecule has 0 spiro atoms. The second kappa shape index (κ2) is 5.15. The fourth-order valence-corrected chi connectivity index (χ4v) is 1.32. The van der Waals surface area contributed by atoms with Crippen molar-refractivity contribution >= 4 is 5.82 Å². The maximum atomic E-state index is 11.1. The SMILES string of the molecule is CC(C)N(CCC#N)c1cc(=O)[nH]cn1. The van der Waals surface area contributed by atoms with Crippen molar-refractivity contribution in [3.05, 3.63) is 22.7 Å². The highest BCUT2D eigenvalue weighted by Gasteiger charge is 2.11. The lowest BCUT2D eigenvalue weighted by molar-refractivity contribution is 0.675. The number of aromatic amines is 1. The average Bonchev–Trinajstić information content (AvgIpc) is 2.18. The lowest BCUT2D eigenvalue weighted by atomic mass is 10.3. The minimum absolute atomic E-state index is 0.178. The molecule has 1 rings (SSSR count). The van der Waals surface area contributed by atoms with Crippen LogP contribution in [0.4, 0.5) is 5.82 Å². The van der Waals surface area contributed by atoms with Gasteiger partial charge in [0.2, 0.25) is 0 Å². The van der Waals surface area contributed by atoms with Crippen molar-refractivity contribution < 1.29 is 0 Å². The first-order valence-corrected chi connectivity index (χ1v) is 4.83. The molecular formula is C10H14N4O. The van der Waals surface area contributed by atoms with Crippen LogP contribution in [-0.2, 0) is 0 Å². The summed E-state index contributed by atoms with van der Waals surface area (Å²) in [5.41, 5.74) is -0.178. The molecule has 0 amide bonds. The van der Waals surface area contributed by atoms with E-state index in [2.05, 4.69) is 16.0 Å². The zero-order valence-corrected chi connectivity index (χ0v) is 8.90. The number of hydrogen-bond acceptors (Lipinski definition) is 4. The Morgan fingerprint density at radius 3 is 2.93 bits per heavy atom. The van der Waals surface area contributed by atoms with Crippen molar-refractivity contribution in [1.82, 2.24) is 9.97 Å². The average molecular weight is 206 g/mol. The zero-order chi connectivity index (χ0) is 11.3. The molecule has 1 aromatic heterocycles. The molecule has 1 aromatic rings. The molecule has 0 unspecified atom stereocenters. The first kappa shape index (κ1) is 11.2. The van der Waals surface area contributed by atoms with Gasteiger partial charge >= 0.3 is 0 Å². The Morgan fingerprint density at radius 1 is 1.67 bits per heavy atom. The Morgan fingerprint density at radius 2 is 2.40 bits per heavy atom. The van der Waals surface area contributed by atoms with Crippen molar-refractivity contribution in [3.8, 4) is 6.07 Å². The molecule has 0 aliphatic carbocycles. The van der Waals surface area contributed by atoms with Crippen molar-refractivity contribution in [1.29, 1.82) is 5.26 Å². The predicted molar refractivity (Wildman–Crippen MR) is 57.6 cm³/mol. The van der Waals surface area contributed by atoms with E-state index in [9.17, 15) is 4.79 Å². The third-order valence-electron chi connectivity index (χ3n) is 2.05. The first-order valence-electron chi connectivity index (χ1n) is 4.83. The quantitative estimate of drug-likeness (QED) is 0.794. The highest BCUT2D eigenvalue weighted by molar-refractivity contribution is 5.37. The molecule has 1 N–H and O–H groups in total. The van der Waals surface area contributed by atoms with Crippen molar-refractivity contribution in [3.63, 3.8) is 0 Å². The topological polar surface area (TPSA) is 72.8 Å². The van der Waals surface area contributed by atoms with Crippen LogP contribution in [0.15, 0.2) is 17.2 Å². The van der Waals surface area contributed by atoms with Crippen LogP contribution in [0, 0.1) is 11.3 Å². The van der Waals surface area contributed by atoms with Gasteiger partial charge in [0.1, 0.15) is 5.82 Å². The smallest absolute Gasteiger partial charge is 0.252 e. The van der Waals surface area contributed by atoms with E-state index in [1.807, 2.05) is 18.7 Å². The van der Waals surface area contributed by atoms with E-state index in [1.165, 1.54) is 12.4 Å². The molecular weight excluding hydrogens is 192 g/mol. The highest BCUT2D eigenvalue weighted by atomic mass is 16.1. The van der Waals surface area contributed by atoms with Crippen LogP contribution in [0.1, 0.15) is 20.3 Å². The number of hydrogen-bond donors (Lipinski definition) is 1. The number of anilines is 1. The van der Waals surface area contributed by atoms with E-state index < -0.39 is 0 Å². The summed E-state index contributed by atoms with van der Waals surface area (Å²) >= 11 is 0. The fraction of sp³-hybridized carbons (Fsp3) is 0.500. The largest absolute Gasteiger partial charge is 0.353 e. The Hall–Kier alpha value is -1.83. The number of nitriles is 1. The minimum Gasteiger partial charge on any atom is -0.353 e. The van der Waals surface area contributed by atoms with Gasteiger partial charge in [-0.15, -0.1) is 0 Å². The van der Waals surface area contributed by atoms with E-state index in [0.717, 1.165) is 0 Å². The van der Waals surface area contributed by atoms with Crippen LogP contribution in [0.3, 0.4) is 0 Å². The van der Waals surface area contributed by atoms with Crippen molar-refractivity contribution in [2.75, 3.05) is 11.4 Å². The highest BCUT2D eigenvalue weighted by Crippen LogP contribution is 2.10. The normalized spacial score (nSPS) is 10.0. The Kier molecular flexibility index (Phi) is 3.86. The third kappa shape index (κ3) is 3.09. The van der Waals surface area contributed by atoms with Gasteiger partial charge in [0.25, 0.3) is 5.56 Å². The number of rotatable bonds is 4. The maximum absolute atomic E-state index is 11.1. The lowest BCUT2D eigenvalue weighted by Crippen LogP contribution is -2.33. The molecule has 15 heavy (non-hydrogen) atoms. The summed E-state index contributed by atoms with van der Waals surface area (Å²) < 4.78 is 0. The van der Waals surface area contributed by atoms with Gasteiger partial charge in [-0.1, -0.05) is 0 Å². The van der Waals surface area contributed by atoms with E-state index >= 15 is 0 Å². The summed E-state index contributed by atoms with van der Waals surface area (Å²) in [5, 5.41) is 8.53. The standard InChI is InChI=1S/C10H14N4O/c1-8(2)14(5-3-4-11)9-6-10(15)13-7-12-9/h6-8H,3,5H2,1-2H3,(H,12,13,15). The molecule has 0 bridgehead atoms. The van der Waals surface area contributed by atoms with Crippen molar-refractivity contribution in [2.24, 2.45) is 0 Å². The summed E-state index contributed by atoms with van der Waals surface area (Å²) in [5.74, 6) is 0.615. The zero-order valence-electron chi connectivity index (χ0n) is 8.90. The Bertz CT molecular complexity index is 404. The maximum Gasteiger partial charge on any atom is 0.252 e. The minimum atomic E-state index is -0.178. The number of aromatic nitrogens is 2. The summed E-state index contributed by atoms with van der Waals surface area (Å²) in [4.78, 5) is 19.6. The first-order chi connectivity index (χ1) is 7.15. The number of H-pyrrole nitrogens is 1. The molecule has 0 atom stereocenters. The van der Waals surface area contributed by atoms with Gasteiger partial charge in [0.15, 0.2) is 0 Å².